The molecule has 17 heavy (non-hydrogen) atoms. The van der Waals surface area contributed by atoms with Crippen LogP contribution in [0.5, 0.6) is 0 Å². The molecule has 1 aromatic carbocycles. The maximum atomic E-state index is 12.3. The molecule has 4 nitrogen and oxygen atoms in total. The lowest BCUT2D eigenvalue weighted by Gasteiger charge is -2.26. The molecule has 0 aliphatic carbocycles. The zero-order chi connectivity index (χ0) is 13.0. The highest BCUT2D eigenvalue weighted by Crippen LogP contribution is 2.19. The molecule has 0 saturated carbocycles. The maximum Gasteiger partial charge on any atom is 0.256 e. The normalized spacial score (nSPS) is 10.5. The van der Waals surface area contributed by atoms with Crippen LogP contribution in [-0.4, -0.2) is 23.4 Å². The number of hydrogen-bond acceptors (Lipinski definition) is 3. The van der Waals surface area contributed by atoms with Crippen LogP contribution >= 0.6 is 0 Å². The first-order valence-corrected chi connectivity index (χ1v) is 5.89. The Labute approximate surface area is 103 Å². The van der Waals surface area contributed by atoms with Crippen molar-refractivity contribution in [2.45, 2.75) is 33.7 Å². The average Bonchev–Trinajstić information content (AvgIpc) is 2.28. The molecule has 4 heteroatoms. The molecular formula is C13H21N3O. The molecule has 0 radical (unpaired) electrons. The zero-order valence-electron chi connectivity index (χ0n) is 10.9. The fraction of sp³-hybridized carbons (Fsp3) is 0.462. The van der Waals surface area contributed by atoms with E-state index in [-0.39, 0.29) is 11.9 Å². The number of anilines is 1. The van der Waals surface area contributed by atoms with Crippen molar-refractivity contribution in [3.63, 3.8) is 0 Å². The molecule has 0 saturated heterocycles. The highest BCUT2D eigenvalue weighted by molar-refractivity contribution is 5.99. The lowest BCUT2D eigenvalue weighted by Crippen LogP contribution is -2.37. The molecule has 0 unspecified atom stereocenters. The van der Waals surface area contributed by atoms with Crippen LogP contribution in [0.3, 0.4) is 0 Å². The summed E-state index contributed by atoms with van der Waals surface area (Å²) in [5.41, 5.74) is 4.95. The van der Waals surface area contributed by atoms with Crippen molar-refractivity contribution in [2.24, 2.45) is 5.84 Å². The van der Waals surface area contributed by atoms with Crippen LogP contribution in [0.1, 0.15) is 36.7 Å². The average molecular weight is 235 g/mol. The molecule has 3 N–H and O–H groups in total. The van der Waals surface area contributed by atoms with Crippen molar-refractivity contribution in [3.05, 3.63) is 29.3 Å². The molecule has 1 rings (SSSR count). The van der Waals surface area contributed by atoms with Crippen LogP contribution in [0.2, 0.25) is 0 Å². The van der Waals surface area contributed by atoms with E-state index in [1.165, 1.54) is 0 Å². The predicted octanol–water partition coefficient (Wildman–Crippen LogP) is 2.15. The number of nitrogens with two attached hydrogens (primary N) is 1. The molecule has 94 valence electrons. The number of nitrogens with one attached hydrogen (secondary N) is 1. The number of aryl methyl sites for hydroxylation is 1. The van der Waals surface area contributed by atoms with Gasteiger partial charge < -0.3 is 10.3 Å². The van der Waals surface area contributed by atoms with E-state index < -0.39 is 0 Å². The maximum absolute atomic E-state index is 12.3. The first-order chi connectivity index (χ1) is 8.01. The second-order valence-electron chi connectivity index (χ2n) is 4.38. The minimum Gasteiger partial charge on any atom is -0.336 e. The first kappa shape index (κ1) is 13.5. The zero-order valence-corrected chi connectivity index (χ0v) is 10.9. The molecule has 0 aromatic heterocycles. The standard InChI is InChI=1S/C13H21N3O/c1-5-16(9(2)3)13(17)11-7-6-10(4)8-12(11)15-14/h6-9,15H,5,14H2,1-4H3. The van der Waals surface area contributed by atoms with Crippen molar-refractivity contribution in [3.8, 4) is 0 Å². The fourth-order valence-electron chi connectivity index (χ4n) is 1.86. The number of benzene rings is 1. The van der Waals surface area contributed by atoms with Crippen molar-refractivity contribution in [1.82, 2.24) is 4.90 Å². The number of hydrogen-bond donors (Lipinski definition) is 2. The molecule has 1 amide bonds. The number of rotatable bonds is 4. The molecule has 0 aliphatic rings. The van der Waals surface area contributed by atoms with Gasteiger partial charge in [-0.2, -0.15) is 0 Å². The Morgan fingerprint density at radius 3 is 2.59 bits per heavy atom. The molecule has 0 heterocycles. The van der Waals surface area contributed by atoms with Gasteiger partial charge in [0.05, 0.1) is 11.3 Å². The predicted molar refractivity (Wildman–Crippen MR) is 70.8 cm³/mol. The van der Waals surface area contributed by atoms with Gasteiger partial charge in [0.2, 0.25) is 0 Å². The van der Waals surface area contributed by atoms with E-state index in [0.717, 1.165) is 5.56 Å². The van der Waals surface area contributed by atoms with Crippen molar-refractivity contribution in [2.75, 3.05) is 12.0 Å². The second-order valence-corrected chi connectivity index (χ2v) is 4.38. The van der Waals surface area contributed by atoms with Crippen LogP contribution in [0.4, 0.5) is 5.69 Å². The van der Waals surface area contributed by atoms with Gasteiger partial charge in [-0.25, -0.2) is 0 Å². The summed E-state index contributed by atoms with van der Waals surface area (Å²) in [7, 11) is 0. The summed E-state index contributed by atoms with van der Waals surface area (Å²) in [4.78, 5) is 14.1. The summed E-state index contributed by atoms with van der Waals surface area (Å²) in [6.07, 6.45) is 0. The van der Waals surface area contributed by atoms with Gasteiger partial charge in [-0.15, -0.1) is 0 Å². The van der Waals surface area contributed by atoms with Crippen molar-refractivity contribution < 1.29 is 4.79 Å². The summed E-state index contributed by atoms with van der Waals surface area (Å²) in [6.45, 7) is 8.64. The van der Waals surface area contributed by atoms with Crippen LogP contribution in [0, 0.1) is 6.92 Å². The lowest BCUT2D eigenvalue weighted by molar-refractivity contribution is 0.0718. The van der Waals surface area contributed by atoms with Crippen molar-refractivity contribution >= 4 is 11.6 Å². The van der Waals surface area contributed by atoms with Crippen molar-refractivity contribution in [1.29, 1.82) is 0 Å². The van der Waals surface area contributed by atoms with Gasteiger partial charge in [0.15, 0.2) is 0 Å². The third-order valence-corrected chi connectivity index (χ3v) is 2.79. The fourth-order valence-corrected chi connectivity index (χ4v) is 1.86. The number of amides is 1. The lowest BCUT2D eigenvalue weighted by atomic mass is 10.1. The quantitative estimate of drug-likeness (QED) is 0.621. The van der Waals surface area contributed by atoms with E-state index >= 15 is 0 Å². The Morgan fingerprint density at radius 1 is 1.47 bits per heavy atom. The van der Waals surface area contributed by atoms with E-state index in [1.807, 2.05) is 50.8 Å². The van der Waals surface area contributed by atoms with Gasteiger partial charge in [0.25, 0.3) is 5.91 Å². The topological polar surface area (TPSA) is 58.4 Å². The molecule has 1 aromatic rings. The van der Waals surface area contributed by atoms with E-state index in [4.69, 9.17) is 5.84 Å². The van der Waals surface area contributed by atoms with Crippen LogP contribution in [0.15, 0.2) is 18.2 Å². The molecule has 0 fully saturated rings. The van der Waals surface area contributed by atoms with Gasteiger partial charge >= 0.3 is 0 Å². The second kappa shape index (κ2) is 5.68. The number of nitrogens with zero attached hydrogens (tertiary/aromatic N) is 1. The Balaban J connectivity index is 3.11. The van der Waals surface area contributed by atoms with E-state index in [0.29, 0.717) is 17.8 Å². The largest absolute Gasteiger partial charge is 0.336 e. The third-order valence-electron chi connectivity index (χ3n) is 2.79. The smallest absolute Gasteiger partial charge is 0.256 e. The highest BCUT2D eigenvalue weighted by atomic mass is 16.2. The first-order valence-electron chi connectivity index (χ1n) is 5.89. The summed E-state index contributed by atoms with van der Waals surface area (Å²) in [5.74, 6) is 5.46. The van der Waals surface area contributed by atoms with Gasteiger partial charge in [-0.3, -0.25) is 10.6 Å². The summed E-state index contributed by atoms with van der Waals surface area (Å²) in [6, 6.07) is 5.79. The van der Waals surface area contributed by atoms with E-state index in [2.05, 4.69) is 5.43 Å². The molecule has 0 atom stereocenters. The molecule has 0 aliphatic heterocycles. The summed E-state index contributed by atoms with van der Waals surface area (Å²) >= 11 is 0. The third kappa shape index (κ3) is 2.97. The van der Waals surface area contributed by atoms with E-state index in [9.17, 15) is 4.79 Å². The van der Waals surface area contributed by atoms with E-state index in [1.54, 1.807) is 0 Å². The van der Waals surface area contributed by atoms with Gasteiger partial charge in [-0.1, -0.05) is 6.07 Å². The van der Waals surface area contributed by atoms with Gasteiger partial charge in [0.1, 0.15) is 0 Å². The number of carbonyl (C=O) groups excluding carboxylic acids is 1. The highest BCUT2D eigenvalue weighted by Gasteiger charge is 2.19. The molecule has 0 spiro atoms. The molecule has 0 bridgehead atoms. The van der Waals surface area contributed by atoms with Crippen LogP contribution in [-0.2, 0) is 0 Å². The van der Waals surface area contributed by atoms with Crippen LogP contribution in [0.25, 0.3) is 0 Å². The van der Waals surface area contributed by atoms with Gasteiger partial charge in [0, 0.05) is 12.6 Å². The Morgan fingerprint density at radius 2 is 2.12 bits per heavy atom. The number of hydrazine groups is 1. The summed E-state index contributed by atoms with van der Waals surface area (Å²) in [5, 5.41) is 0. The SMILES string of the molecule is CCN(C(=O)c1ccc(C)cc1NN)C(C)C. The monoisotopic (exact) mass is 235 g/mol. The minimum atomic E-state index is 0.00968. The number of carbonyl (C=O) groups is 1. The Hall–Kier alpha value is -1.55. The summed E-state index contributed by atoms with van der Waals surface area (Å²) < 4.78 is 0. The number of nitrogen functional groups attached to an aromatic ring is 1. The minimum absolute atomic E-state index is 0.00968. The molecular weight excluding hydrogens is 214 g/mol. The van der Waals surface area contributed by atoms with Crippen LogP contribution < -0.4 is 11.3 Å². The Kier molecular flexibility index (Phi) is 4.52. The Bertz CT molecular complexity index is 402. The van der Waals surface area contributed by atoms with Gasteiger partial charge in [-0.05, 0) is 45.4 Å².